The van der Waals surface area contributed by atoms with Crippen LogP contribution in [0.2, 0.25) is 0 Å². The molecule has 0 unspecified atom stereocenters. The molecule has 0 aliphatic carbocycles. The van der Waals surface area contributed by atoms with Crippen LogP contribution in [0.5, 0.6) is 11.5 Å². The second-order valence-electron chi connectivity index (χ2n) is 8.00. The Kier molecular flexibility index (Phi) is 6.36. The van der Waals surface area contributed by atoms with Crippen molar-refractivity contribution in [2.75, 3.05) is 36.1 Å². The maximum Gasteiger partial charge on any atom is 0.161 e. The van der Waals surface area contributed by atoms with Gasteiger partial charge in [-0.25, -0.2) is 0 Å². The van der Waals surface area contributed by atoms with E-state index in [1.165, 1.54) is 28.1 Å². The molecule has 162 valence electrons. The Balaban J connectivity index is 1.77. The molecule has 0 radical (unpaired) electrons. The molecule has 0 amide bonds. The fourth-order valence-electron chi connectivity index (χ4n) is 4.23. The number of ether oxygens (including phenoxy) is 2. The fourth-order valence-corrected chi connectivity index (χ4v) is 4.23. The number of nitrogens with zero attached hydrogens (tertiary/aromatic N) is 2. The van der Waals surface area contributed by atoms with Crippen molar-refractivity contribution in [2.24, 2.45) is 0 Å². The van der Waals surface area contributed by atoms with Gasteiger partial charge in [0.05, 0.1) is 13.2 Å². The maximum absolute atomic E-state index is 5.94. The van der Waals surface area contributed by atoms with Crippen LogP contribution in [-0.2, 0) is 0 Å². The zero-order valence-electron chi connectivity index (χ0n) is 19.0. The first-order valence-corrected chi connectivity index (χ1v) is 11.2. The molecular formula is C27H32N2O2. The molecule has 1 aliphatic rings. The SMILES string of the molecule is CCOc1ccc(C2N(c3ccc(C)cc3)CCN2c2ccc(C)cc2)cc1OCC. The highest BCUT2D eigenvalue weighted by atomic mass is 16.5. The van der Waals surface area contributed by atoms with Gasteiger partial charge >= 0.3 is 0 Å². The minimum Gasteiger partial charge on any atom is -0.490 e. The molecule has 0 N–H and O–H groups in total. The quantitative estimate of drug-likeness (QED) is 0.463. The monoisotopic (exact) mass is 416 g/mol. The Hall–Kier alpha value is -3.14. The molecule has 1 saturated heterocycles. The van der Waals surface area contributed by atoms with Gasteiger partial charge in [0.15, 0.2) is 11.5 Å². The van der Waals surface area contributed by atoms with Gasteiger partial charge in [-0.3, -0.25) is 0 Å². The topological polar surface area (TPSA) is 24.9 Å². The number of hydrogen-bond acceptors (Lipinski definition) is 4. The summed E-state index contributed by atoms with van der Waals surface area (Å²) in [5.41, 5.74) is 6.21. The minimum absolute atomic E-state index is 0.0836. The van der Waals surface area contributed by atoms with Crippen LogP contribution in [0.25, 0.3) is 0 Å². The Morgan fingerprint density at radius 1 is 0.677 bits per heavy atom. The summed E-state index contributed by atoms with van der Waals surface area (Å²) in [5, 5.41) is 0. The highest BCUT2D eigenvalue weighted by molar-refractivity contribution is 5.60. The number of rotatable bonds is 7. The molecule has 0 bridgehead atoms. The van der Waals surface area contributed by atoms with Crippen LogP contribution in [0, 0.1) is 13.8 Å². The van der Waals surface area contributed by atoms with E-state index in [0.29, 0.717) is 13.2 Å². The van der Waals surface area contributed by atoms with Gasteiger partial charge in [0.25, 0.3) is 0 Å². The van der Waals surface area contributed by atoms with E-state index in [0.717, 1.165) is 24.6 Å². The molecule has 0 spiro atoms. The summed E-state index contributed by atoms with van der Waals surface area (Å²) in [6.45, 7) is 11.4. The van der Waals surface area contributed by atoms with Gasteiger partial charge in [-0.1, -0.05) is 41.5 Å². The van der Waals surface area contributed by atoms with E-state index in [9.17, 15) is 0 Å². The summed E-state index contributed by atoms with van der Waals surface area (Å²) in [5.74, 6) is 1.61. The first-order valence-electron chi connectivity index (χ1n) is 11.2. The van der Waals surface area contributed by atoms with Crippen molar-refractivity contribution in [3.63, 3.8) is 0 Å². The van der Waals surface area contributed by atoms with Crippen LogP contribution >= 0.6 is 0 Å². The van der Waals surface area contributed by atoms with Crippen molar-refractivity contribution in [3.05, 3.63) is 83.4 Å². The number of benzene rings is 3. The molecule has 0 atom stereocenters. The second kappa shape index (κ2) is 9.34. The molecular weight excluding hydrogens is 384 g/mol. The molecule has 3 aromatic rings. The van der Waals surface area contributed by atoms with Crippen LogP contribution in [0.4, 0.5) is 11.4 Å². The molecule has 31 heavy (non-hydrogen) atoms. The summed E-state index contributed by atoms with van der Waals surface area (Å²) < 4.78 is 11.7. The van der Waals surface area contributed by atoms with E-state index < -0.39 is 0 Å². The third-order valence-electron chi connectivity index (χ3n) is 5.77. The van der Waals surface area contributed by atoms with E-state index in [2.05, 4.69) is 84.3 Å². The van der Waals surface area contributed by atoms with Crippen LogP contribution in [0.1, 0.15) is 36.7 Å². The highest BCUT2D eigenvalue weighted by Gasteiger charge is 2.34. The van der Waals surface area contributed by atoms with Crippen LogP contribution in [0.15, 0.2) is 66.7 Å². The lowest BCUT2D eigenvalue weighted by Crippen LogP contribution is -2.31. The normalized spacial score (nSPS) is 14.2. The second-order valence-corrected chi connectivity index (χ2v) is 8.00. The Morgan fingerprint density at radius 3 is 1.65 bits per heavy atom. The third kappa shape index (κ3) is 4.48. The highest BCUT2D eigenvalue weighted by Crippen LogP contribution is 2.40. The first kappa shape index (κ1) is 21.1. The third-order valence-corrected chi connectivity index (χ3v) is 5.77. The van der Waals surface area contributed by atoms with Gasteiger partial charge in [-0.15, -0.1) is 0 Å². The summed E-state index contributed by atoms with van der Waals surface area (Å²) in [7, 11) is 0. The van der Waals surface area contributed by atoms with Crippen molar-refractivity contribution < 1.29 is 9.47 Å². The average Bonchev–Trinajstić information content (AvgIpc) is 3.21. The summed E-state index contributed by atoms with van der Waals surface area (Å²) >= 11 is 0. The number of aryl methyl sites for hydroxylation is 2. The van der Waals surface area contributed by atoms with Gasteiger partial charge in [-0.05, 0) is 69.7 Å². The Bertz CT molecular complexity index is 945. The van der Waals surface area contributed by atoms with Crippen molar-refractivity contribution >= 4 is 11.4 Å². The molecule has 4 heteroatoms. The van der Waals surface area contributed by atoms with Gasteiger partial charge < -0.3 is 19.3 Å². The van der Waals surface area contributed by atoms with E-state index in [1.807, 2.05) is 19.9 Å². The smallest absolute Gasteiger partial charge is 0.161 e. The number of hydrogen-bond donors (Lipinski definition) is 0. The van der Waals surface area contributed by atoms with E-state index in [1.54, 1.807) is 0 Å². The zero-order chi connectivity index (χ0) is 21.8. The van der Waals surface area contributed by atoms with Gasteiger partial charge in [0.1, 0.15) is 6.17 Å². The Morgan fingerprint density at radius 2 is 1.16 bits per heavy atom. The van der Waals surface area contributed by atoms with E-state index >= 15 is 0 Å². The molecule has 0 aromatic heterocycles. The van der Waals surface area contributed by atoms with Crippen LogP contribution < -0.4 is 19.3 Å². The lowest BCUT2D eigenvalue weighted by Gasteiger charge is -2.33. The number of anilines is 2. The fraction of sp³-hybridized carbons (Fsp3) is 0.333. The molecule has 4 rings (SSSR count). The molecule has 3 aromatic carbocycles. The first-order chi connectivity index (χ1) is 15.1. The largest absolute Gasteiger partial charge is 0.490 e. The summed E-state index contributed by atoms with van der Waals surface area (Å²) in [6.07, 6.45) is 0.0836. The van der Waals surface area contributed by atoms with E-state index in [4.69, 9.17) is 9.47 Å². The summed E-state index contributed by atoms with van der Waals surface area (Å²) in [6, 6.07) is 24.0. The molecule has 1 fully saturated rings. The van der Waals surface area contributed by atoms with Crippen LogP contribution in [-0.4, -0.2) is 26.3 Å². The molecule has 4 nitrogen and oxygen atoms in total. The Labute approximate surface area is 186 Å². The van der Waals surface area contributed by atoms with Gasteiger partial charge in [0.2, 0.25) is 0 Å². The van der Waals surface area contributed by atoms with Gasteiger partial charge in [0, 0.05) is 24.5 Å². The lowest BCUT2D eigenvalue weighted by atomic mass is 10.1. The zero-order valence-corrected chi connectivity index (χ0v) is 19.0. The molecule has 0 saturated carbocycles. The van der Waals surface area contributed by atoms with Crippen LogP contribution in [0.3, 0.4) is 0 Å². The standard InChI is InChI=1S/C27H32N2O2/c1-5-30-25-16-11-22(19-26(25)31-6-2)27-28(23-12-7-20(3)8-13-23)17-18-29(27)24-14-9-21(4)10-15-24/h7-16,19,27H,5-6,17-18H2,1-4H3. The predicted molar refractivity (Wildman–Crippen MR) is 129 cm³/mol. The minimum atomic E-state index is 0.0836. The van der Waals surface area contributed by atoms with Gasteiger partial charge in [-0.2, -0.15) is 0 Å². The summed E-state index contributed by atoms with van der Waals surface area (Å²) in [4.78, 5) is 4.95. The lowest BCUT2D eigenvalue weighted by molar-refractivity contribution is 0.287. The molecule has 1 heterocycles. The van der Waals surface area contributed by atoms with Crippen molar-refractivity contribution in [1.29, 1.82) is 0 Å². The van der Waals surface area contributed by atoms with Crippen molar-refractivity contribution in [2.45, 2.75) is 33.9 Å². The van der Waals surface area contributed by atoms with Crippen molar-refractivity contribution in [1.82, 2.24) is 0 Å². The average molecular weight is 417 g/mol. The predicted octanol–water partition coefficient (Wildman–Crippen LogP) is 6.13. The van der Waals surface area contributed by atoms with E-state index in [-0.39, 0.29) is 6.17 Å². The maximum atomic E-state index is 5.94. The van der Waals surface area contributed by atoms with Crippen molar-refractivity contribution in [3.8, 4) is 11.5 Å². The molecule has 1 aliphatic heterocycles.